The van der Waals surface area contributed by atoms with Crippen molar-refractivity contribution in [2.24, 2.45) is 5.92 Å². The third kappa shape index (κ3) is 5.27. The van der Waals surface area contributed by atoms with Gasteiger partial charge in [-0.3, -0.25) is 0 Å². The third-order valence-corrected chi connectivity index (χ3v) is 4.65. The highest BCUT2D eigenvalue weighted by atomic mass is 32.2. The number of nitrogens with one attached hydrogen (secondary N) is 1. The molecule has 1 atom stereocenters. The molecule has 0 bridgehead atoms. The topological polar surface area (TPSA) is 66.4 Å². The molecule has 2 N–H and O–H groups in total. The van der Waals surface area contributed by atoms with E-state index in [2.05, 4.69) is 18.6 Å². The molecule has 0 unspecified atom stereocenters. The van der Waals surface area contributed by atoms with E-state index in [0.717, 1.165) is 6.42 Å². The minimum Gasteiger partial charge on any atom is -0.394 e. The minimum atomic E-state index is -3.33. The Morgan fingerprint density at radius 3 is 2.06 bits per heavy atom. The predicted octanol–water partition coefficient (Wildman–Crippen LogP) is 1.50. The first-order chi connectivity index (χ1) is 7.13. The van der Waals surface area contributed by atoms with Gasteiger partial charge in [-0.15, -0.1) is 0 Å². The second-order valence-electron chi connectivity index (χ2n) is 5.35. The zero-order valence-electron chi connectivity index (χ0n) is 10.9. The molecule has 0 aliphatic heterocycles. The fraction of sp³-hybridized carbons (Fsp3) is 1.00. The number of sulfonamides is 1. The summed E-state index contributed by atoms with van der Waals surface area (Å²) in [5.41, 5.74) is -0.743. The van der Waals surface area contributed by atoms with Crippen molar-refractivity contribution in [3.05, 3.63) is 0 Å². The van der Waals surface area contributed by atoms with Gasteiger partial charge in [-0.05, 0) is 39.5 Å². The Bertz CT molecular complexity index is 298. The Kier molecular flexibility index (Phi) is 5.93. The van der Waals surface area contributed by atoms with Crippen molar-refractivity contribution in [2.45, 2.75) is 58.2 Å². The fourth-order valence-corrected chi connectivity index (χ4v) is 2.32. The molecule has 5 heteroatoms. The number of aliphatic hydroxyl groups is 1. The summed E-state index contributed by atoms with van der Waals surface area (Å²) in [4.78, 5) is 0. The maximum absolute atomic E-state index is 11.7. The highest BCUT2D eigenvalue weighted by molar-refractivity contribution is 7.90. The van der Waals surface area contributed by atoms with Gasteiger partial charge in [-0.1, -0.05) is 13.8 Å². The molecular weight excluding hydrogens is 226 g/mol. The standard InChI is InChI=1S/C11H25NO3S/c1-9(2)6-7-11(5,8-13)12-16(14,15)10(3)4/h9-10,12-13H,6-8H2,1-5H3/t11-/m1/s1. The number of hydrogen-bond donors (Lipinski definition) is 2. The summed E-state index contributed by atoms with van der Waals surface area (Å²) in [6, 6.07) is 0. The molecule has 0 aliphatic carbocycles. The number of rotatable bonds is 7. The zero-order valence-corrected chi connectivity index (χ0v) is 11.8. The van der Waals surface area contributed by atoms with Gasteiger partial charge in [-0.25, -0.2) is 13.1 Å². The van der Waals surface area contributed by atoms with Crippen LogP contribution in [-0.4, -0.2) is 30.9 Å². The molecule has 0 aromatic heterocycles. The zero-order chi connectivity index (χ0) is 13.0. The van der Waals surface area contributed by atoms with Gasteiger partial charge in [0.1, 0.15) is 0 Å². The summed E-state index contributed by atoms with van der Waals surface area (Å²) < 4.78 is 26.1. The minimum absolute atomic E-state index is 0.175. The molecule has 0 radical (unpaired) electrons. The van der Waals surface area contributed by atoms with Crippen LogP contribution in [0.5, 0.6) is 0 Å². The van der Waals surface area contributed by atoms with Crippen molar-refractivity contribution < 1.29 is 13.5 Å². The average molecular weight is 251 g/mol. The van der Waals surface area contributed by atoms with E-state index >= 15 is 0 Å². The average Bonchev–Trinajstić information content (AvgIpc) is 2.14. The summed E-state index contributed by atoms with van der Waals surface area (Å²) in [7, 11) is -3.33. The molecule has 0 saturated heterocycles. The molecule has 0 aromatic rings. The van der Waals surface area contributed by atoms with E-state index in [9.17, 15) is 13.5 Å². The predicted molar refractivity (Wildman–Crippen MR) is 66.8 cm³/mol. The Labute approximate surface area is 99.5 Å². The lowest BCUT2D eigenvalue weighted by Gasteiger charge is -2.30. The molecule has 0 spiro atoms. The van der Waals surface area contributed by atoms with Gasteiger partial charge in [0.2, 0.25) is 10.0 Å². The van der Waals surface area contributed by atoms with E-state index in [1.54, 1.807) is 20.8 Å². The summed E-state index contributed by atoms with van der Waals surface area (Å²) >= 11 is 0. The quantitative estimate of drug-likeness (QED) is 0.720. The largest absolute Gasteiger partial charge is 0.394 e. The maximum Gasteiger partial charge on any atom is 0.214 e. The van der Waals surface area contributed by atoms with Crippen molar-refractivity contribution >= 4 is 10.0 Å². The Morgan fingerprint density at radius 2 is 1.75 bits per heavy atom. The molecule has 0 heterocycles. The first kappa shape index (κ1) is 15.9. The molecule has 0 aliphatic rings. The van der Waals surface area contributed by atoms with Crippen molar-refractivity contribution in [3.8, 4) is 0 Å². The highest BCUT2D eigenvalue weighted by Crippen LogP contribution is 2.18. The van der Waals surface area contributed by atoms with Gasteiger partial charge in [0.25, 0.3) is 0 Å². The van der Waals surface area contributed by atoms with Crippen LogP contribution in [0, 0.1) is 5.92 Å². The van der Waals surface area contributed by atoms with Gasteiger partial charge < -0.3 is 5.11 Å². The van der Waals surface area contributed by atoms with Crippen molar-refractivity contribution in [2.75, 3.05) is 6.61 Å². The lowest BCUT2D eigenvalue weighted by atomic mass is 9.94. The van der Waals surface area contributed by atoms with E-state index in [1.807, 2.05) is 0 Å². The van der Waals surface area contributed by atoms with Gasteiger partial charge in [-0.2, -0.15) is 0 Å². The Morgan fingerprint density at radius 1 is 1.25 bits per heavy atom. The molecule has 0 saturated carbocycles. The molecule has 0 amide bonds. The van der Waals surface area contributed by atoms with Crippen LogP contribution in [0.2, 0.25) is 0 Å². The van der Waals surface area contributed by atoms with Gasteiger partial charge in [0.05, 0.1) is 17.4 Å². The first-order valence-corrected chi connectivity index (χ1v) is 7.31. The SMILES string of the molecule is CC(C)CC[C@](C)(CO)NS(=O)(=O)C(C)C. The van der Waals surface area contributed by atoms with E-state index in [-0.39, 0.29) is 6.61 Å². The molecule has 98 valence electrons. The third-order valence-electron chi connectivity index (χ3n) is 2.63. The fourth-order valence-electron chi connectivity index (χ4n) is 1.23. The smallest absolute Gasteiger partial charge is 0.214 e. The number of hydrogen-bond acceptors (Lipinski definition) is 3. The lowest BCUT2D eigenvalue weighted by Crippen LogP contribution is -2.51. The molecule has 16 heavy (non-hydrogen) atoms. The van der Waals surface area contributed by atoms with Crippen molar-refractivity contribution in [1.82, 2.24) is 4.72 Å². The first-order valence-electron chi connectivity index (χ1n) is 5.76. The second-order valence-corrected chi connectivity index (χ2v) is 7.58. The normalized spacial score (nSPS) is 16.8. The molecule has 4 nitrogen and oxygen atoms in total. The molecule has 0 fully saturated rings. The second kappa shape index (κ2) is 5.98. The maximum atomic E-state index is 11.7. The lowest BCUT2D eigenvalue weighted by molar-refractivity contribution is 0.179. The molecular formula is C11H25NO3S. The van der Waals surface area contributed by atoms with Gasteiger partial charge in [0, 0.05) is 0 Å². The molecule has 0 rings (SSSR count). The van der Waals surface area contributed by atoms with Crippen LogP contribution in [-0.2, 0) is 10.0 Å². The Balaban J connectivity index is 4.60. The summed E-state index contributed by atoms with van der Waals surface area (Å²) in [5.74, 6) is 0.495. The van der Waals surface area contributed by atoms with Crippen LogP contribution in [0.1, 0.15) is 47.5 Å². The summed E-state index contributed by atoms with van der Waals surface area (Å²) in [6.07, 6.45) is 1.53. The Hall–Kier alpha value is -0.130. The highest BCUT2D eigenvalue weighted by Gasteiger charge is 2.30. The van der Waals surface area contributed by atoms with Crippen molar-refractivity contribution in [1.29, 1.82) is 0 Å². The van der Waals surface area contributed by atoms with Crippen molar-refractivity contribution in [3.63, 3.8) is 0 Å². The van der Waals surface area contributed by atoms with Crippen LogP contribution in [0.3, 0.4) is 0 Å². The summed E-state index contributed by atoms with van der Waals surface area (Å²) in [5, 5.41) is 8.84. The number of aliphatic hydroxyl groups excluding tert-OH is 1. The van der Waals surface area contributed by atoms with E-state index in [1.165, 1.54) is 0 Å². The van der Waals surface area contributed by atoms with Crippen LogP contribution < -0.4 is 4.72 Å². The van der Waals surface area contributed by atoms with Crippen LogP contribution in [0.4, 0.5) is 0 Å². The summed E-state index contributed by atoms with van der Waals surface area (Å²) in [6.45, 7) is 8.98. The van der Waals surface area contributed by atoms with E-state index in [0.29, 0.717) is 12.3 Å². The van der Waals surface area contributed by atoms with Crippen LogP contribution in [0.25, 0.3) is 0 Å². The van der Waals surface area contributed by atoms with Crippen LogP contribution >= 0.6 is 0 Å². The van der Waals surface area contributed by atoms with E-state index < -0.39 is 20.8 Å². The molecule has 0 aromatic carbocycles. The van der Waals surface area contributed by atoms with Gasteiger partial charge >= 0.3 is 0 Å². The van der Waals surface area contributed by atoms with Gasteiger partial charge in [0.15, 0.2) is 0 Å². The van der Waals surface area contributed by atoms with E-state index in [4.69, 9.17) is 0 Å². The van der Waals surface area contributed by atoms with Crippen LogP contribution in [0.15, 0.2) is 0 Å². The monoisotopic (exact) mass is 251 g/mol.